The third kappa shape index (κ3) is 3.01. The van der Waals surface area contributed by atoms with Crippen LogP contribution in [-0.4, -0.2) is 29.4 Å². The monoisotopic (exact) mass is 193 g/mol. The van der Waals surface area contributed by atoms with Crippen molar-refractivity contribution in [2.75, 3.05) is 18.5 Å². The topological polar surface area (TPSA) is 78.9 Å². The van der Waals surface area contributed by atoms with Crippen LogP contribution in [0.25, 0.3) is 0 Å². The van der Waals surface area contributed by atoms with Crippen molar-refractivity contribution < 1.29 is 0 Å². The van der Waals surface area contributed by atoms with Gasteiger partial charge in [-0.3, -0.25) is 5.41 Å². The normalized spacial score (nSPS) is 9.86. The average molecular weight is 193 g/mol. The summed E-state index contributed by atoms with van der Waals surface area (Å²) in [7, 11) is 1.88. The molecule has 1 rings (SSSR count). The molecule has 1 aromatic rings. The van der Waals surface area contributed by atoms with Crippen LogP contribution < -0.4 is 10.6 Å². The number of nitrogens with two attached hydrogens (primary N) is 1. The Bertz CT molecular complexity index is 305. The van der Waals surface area contributed by atoms with Gasteiger partial charge in [-0.15, -0.1) is 0 Å². The Labute approximate surface area is 83.5 Å². The average Bonchev–Trinajstić information content (AvgIpc) is 2.15. The molecule has 0 bridgehead atoms. The van der Waals surface area contributed by atoms with Gasteiger partial charge in [0.15, 0.2) is 0 Å². The third-order valence-corrected chi connectivity index (χ3v) is 1.83. The van der Waals surface area contributed by atoms with E-state index in [-0.39, 0.29) is 5.84 Å². The zero-order chi connectivity index (χ0) is 10.6. The quantitative estimate of drug-likeness (QED) is 0.540. The Morgan fingerprint density at radius 3 is 2.57 bits per heavy atom. The molecule has 0 radical (unpaired) electrons. The van der Waals surface area contributed by atoms with Gasteiger partial charge in [0.1, 0.15) is 0 Å². The lowest BCUT2D eigenvalue weighted by molar-refractivity contribution is 0.860. The molecule has 0 aromatic carbocycles. The number of nitrogens with zero attached hydrogens (tertiary/aromatic N) is 3. The lowest BCUT2D eigenvalue weighted by Crippen LogP contribution is -2.25. The number of anilines is 1. The molecule has 76 valence electrons. The van der Waals surface area contributed by atoms with Crippen molar-refractivity contribution in [1.82, 2.24) is 9.97 Å². The number of hydrogen-bond donors (Lipinski definition) is 2. The standard InChI is InChI=1S/C9H15N5/c1-7-5-12-9(13-6-7)14(2)4-3-8(10)11/h5-6H,3-4H2,1-2H3,(H3,10,11). The fraction of sp³-hybridized carbons (Fsp3) is 0.444. The summed E-state index contributed by atoms with van der Waals surface area (Å²) in [6.07, 6.45) is 4.08. The Balaban J connectivity index is 2.56. The third-order valence-electron chi connectivity index (χ3n) is 1.83. The highest BCUT2D eigenvalue weighted by Crippen LogP contribution is 2.04. The first-order valence-electron chi connectivity index (χ1n) is 4.42. The number of nitrogens with one attached hydrogen (secondary N) is 1. The first-order valence-corrected chi connectivity index (χ1v) is 4.42. The van der Waals surface area contributed by atoms with E-state index in [0.29, 0.717) is 18.9 Å². The maximum atomic E-state index is 7.09. The molecule has 0 saturated carbocycles. The second-order valence-electron chi connectivity index (χ2n) is 3.26. The van der Waals surface area contributed by atoms with E-state index in [0.717, 1.165) is 5.56 Å². The predicted octanol–water partition coefficient (Wildman–Crippen LogP) is 0.547. The predicted molar refractivity (Wildman–Crippen MR) is 56.6 cm³/mol. The van der Waals surface area contributed by atoms with Crippen molar-refractivity contribution in [1.29, 1.82) is 5.41 Å². The molecule has 5 heteroatoms. The van der Waals surface area contributed by atoms with E-state index in [2.05, 4.69) is 9.97 Å². The fourth-order valence-corrected chi connectivity index (χ4v) is 0.971. The second-order valence-corrected chi connectivity index (χ2v) is 3.26. The van der Waals surface area contributed by atoms with E-state index >= 15 is 0 Å². The van der Waals surface area contributed by atoms with Crippen molar-refractivity contribution in [2.45, 2.75) is 13.3 Å². The van der Waals surface area contributed by atoms with Crippen LogP contribution in [0.3, 0.4) is 0 Å². The van der Waals surface area contributed by atoms with E-state index in [9.17, 15) is 0 Å². The maximum Gasteiger partial charge on any atom is 0.225 e. The molecule has 1 aromatic heterocycles. The summed E-state index contributed by atoms with van der Waals surface area (Å²) < 4.78 is 0. The molecule has 0 unspecified atom stereocenters. The molecule has 0 atom stereocenters. The first-order chi connectivity index (χ1) is 6.59. The van der Waals surface area contributed by atoms with Gasteiger partial charge in [-0.1, -0.05) is 0 Å². The van der Waals surface area contributed by atoms with Crippen LogP contribution in [0.1, 0.15) is 12.0 Å². The van der Waals surface area contributed by atoms with Gasteiger partial charge >= 0.3 is 0 Å². The smallest absolute Gasteiger partial charge is 0.225 e. The van der Waals surface area contributed by atoms with Gasteiger partial charge in [-0.2, -0.15) is 0 Å². The van der Waals surface area contributed by atoms with Gasteiger partial charge in [0.05, 0.1) is 5.84 Å². The zero-order valence-electron chi connectivity index (χ0n) is 8.49. The van der Waals surface area contributed by atoms with Gasteiger partial charge in [0.25, 0.3) is 0 Å². The lowest BCUT2D eigenvalue weighted by atomic mass is 10.4. The Hall–Kier alpha value is -1.65. The molecule has 5 nitrogen and oxygen atoms in total. The molecule has 3 N–H and O–H groups in total. The number of hydrogen-bond acceptors (Lipinski definition) is 4. The molecule has 0 amide bonds. The molecule has 0 saturated heterocycles. The molecular weight excluding hydrogens is 178 g/mol. The highest BCUT2D eigenvalue weighted by atomic mass is 15.2. The van der Waals surface area contributed by atoms with Crippen molar-refractivity contribution in [3.05, 3.63) is 18.0 Å². The number of aromatic nitrogens is 2. The van der Waals surface area contributed by atoms with Crippen molar-refractivity contribution in [3.63, 3.8) is 0 Å². The van der Waals surface area contributed by atoms with Crippen LogP contribution in [0.15, 0.2) is 12.4 Å². The summed E-state index contributed by atoms with van der Waals surface area (Å²) in [4.78, 5) is 10.2. The number of rotatable bonds is 4. The highest BCUT2D eigenvalue weighted by molar-refractivity contribution is 5.77. The van der Waals surface area contributed by atoms with E-state index < -0.39 is 0 Å². The van der Waals surface area contributed by atoms with Crippen LogP contribution in [0.2, 0.25) is 0 Å². The highest BCUT2D eigenvalue weighted by Gasteiger charge is 2.03. The minimum Gasteiger partial charge on any atom is -0.388 e. The Kier molecular flexibility index (Phi) is 3.39. The molecular formula is C9H15N5. The van der Waals surface area contributed by atoms with Gasteiger partial charge in [-0.25, -0.2) is 9.97 Å². The van der Waals surface area contributed by atoms with Crippen LogP contribution in [0.4, 0.5) is 5.95 Å². The van der Waals surface area contributed by atoms with Gasteiger partial charge in [0.2, 0.25) is 5.95 Å². The molecule has 0 aliphatic carbocycles. The van der Waals surface area contributed by atoms with Gasteiger partial charge < -0.3 is 10.6 Å². The van der Waals surface area contributed by atoms with Gasteiger partial charge in [-0.05, 0) is 12.5 Å². The largest absolute Gasteiger partial charge is 0.388 e. The Morgan fingerprint density at radius 1 is 1.50 bits per heavy atom. The summed E-state index contributed by atoms with van der Waals surface area (Å²) in [6, 6.07) is 0. The molecule has 0 aliphatic rings. The summed E-state index contributed by atoms with van der Waals surface area (Å²) >= 11 is 0. The van der Waals surface area contributed by atoms with Gasteiger partial charge in [0, 0.05) is 32.4 Å². The van der Waals surface area contributed by atoms with Crippen LogP contribution in [0, 0.1) is 12.3 Å². The summed E-state index contributed by atoms with van der Waals surface area (Å²) in [5, 5.41) is 7.09. The number of aryl methyl sites for hydroxylation is 1. The molecule has 14 heavy (non-hydrogen) atoms. The van der Waals surface area contributed by atoms with E-state index in [4.69, 9.17) is 11.1 Å². The lowest BCUT2D eigenvalue weighted by Gasteiger charge is -2.15. The minimum atomic E-state index is 0.184. The second kappa shape index (κ2) is 4.55. The van der Waals surface area contributed by atoms with Crippen molar-refractivity contribution in [3.8, 4) is 0 Å². The van der Waals surface area contributed by atoms with Crippen molar-refractivity contribution >= 4 is 11.8 Å². The minimum absolute atomic E-state index is 0.184. The summed E-state index contributed by atoms with van der Waals surface area (Å²) in [6.45, 7) is 2.61. The summed E-state index contributed by atoms with van der Waals surface area (Å²) in [5.41, 5.74) is 6.29. The van der Waals surface area contributed by atoms with Crippen LogP contribution in [-0.2, 0) is 0 Å². The van der Waals surface area contributed by atoms with Crippen LogP contribution in [0.5, 0.6) is 0 Å². The maximum absolute atomic E-state index is 7.09. The van der Waals surface area contributed by atoms with E-state index in [1.807, 2.05) is 18.9 Å². The zero-order valence-corrected chi connectivity index (χ0v) is 8.49. The fourth-order valence-electron chi connectivity index (χ4n) is 0.971. The van der Waals surface area contributed by atoms with Crippen molar-refractivity contribution in [2.24, 2.45) is 5.73 Å². The first kappa shape index (κ1) is 10.4. The molecule has 0 fully saturated rings. The molecule has 0 spiro atoms. The number of amidine groups is 1. The molecule has 0 aliphatic heterocycles. The SMILES string of the molecule is Cc1cnc(N(C)CCC(=N)N)nc1. The van der Waals surface area contributed by atoms with Crippen LogP contribution >= 0.6 is 0 Å². The van der Waals surface area contributed by atoms with E-state index in [1.165, 1.54) is 0 Å². The Morgan fingerprint density at radius 2 is 2.07 bits per heavy atom. The molecule has 1 heterocycles. The van der Waals surface area contributed by atoms with E-state index in [1.54, 1.807) is 12.4 Å². The summed E-state index contributed by atoms with van der Waals surface area (Å²) in [5.74, 6) is 0.848.